The van der Waals surface area contributed by atoms with Gasteiger partial charge in [0.25, 0.3) is 0 Å². The Morgan fingerprint density at radius 2 is 2.00 bits per heavy atom. The van der Waals surface area contributed by atoms with Crippen molar-refractivity contribution in [2.75, 3.05) is 5.32 Å². The molecule has 1 N–H and O–H groups in total. The molecule has 9 heteroatoms. The molecular formula is C17H20N6O2S. The second kappa shape index (κ2) is 8.61. The number of amides is 1. The van der Waals surface area contributed by atoms with Gasteiger partial charge in [-0.15, -0.1) is 10.2 Å². The van der Waals surface area contributed by atoms with Gasteiger partial charge in [-0.05, 0) is 25.0 Å². The van der Waals surface area contributed by atoms with Crippen LogP contribution in [0, 0.1) is 0 Å². The van der Waals surface area contributed by atoms with E-state index in [-0.39, 0.29) is 12.3 Å². The van der Waals surface area contributed by atoms with E-state index >= 15 is 0 Å². The van der Waals surface area contributed by atoms with E-state index in [0.717, 1.165) is 23.4 Å². The van der Waals surface area contributed by atoms with E-state index in [0.29, 0.717) is 29.2 Å². The van der Waals surface area contributed by atoms with E-state index in [1.165, 1.54) is 11.3 Å². The van der Waals surface area contributed by atoms with Gasteiger partial charge in [-0.3, -0.25) is 9.78 Å². The summed E-state index contributed by atoms with van der Waals surface area (Å²) in [7, 11) is 0. The number of anilines is 1. The molecule has 0 atom stereocenters. The van der Waals surface area contributed by atoms with Gasteiger partial charge in [0, 0.05) is 36.7 Å². The summed E-state index contributed by atoms with van der Waals surface area (Å²) >= 11 is 1.43. The highest BCUT2D eigenvalue weighted by atomic mass is 32.1. The largest absolute Gasteiger partial charge is 0.339 e. The summed E-state index contributed by atoms with van der Waals surface area (Å²) in [4.78, 5) is 20.4. The Bertz CT molecular complexity index is 844. The Morgan fingerprint density at radius 3 is 2.73 bits per heavy atom. The molecule has 8 nitrogen and oxygen atoms in total. The maximum absolute atomic E-state index is 12.1. The minimum atomic E-state index is -0.152. The summed E-state index contributed by atoms with van der Waals surface area (Å²) < 4.78 is 5.20. The number of rotatable bonds is 8. The minimum Gasteiger partial charge on any atom is -0.339 e. The van der Waals surface area contributed by atoms with Crippen molar-refractivity contribution < 1.29 is 9.32 Å². The zero-order valence-corrected chi connectivity index (χ0v) is 15.5. The summed E-state index contributed by atoms with van der Waals surface area (Å²) in [6.45, 7) is 4.25. The number of aromatic nitrogens is 5. The van der Waals surface area contributed by atoms with Crippen molar-refractivity contribution in [2.24, 2.45) is 0 Å². The van der Waals surface area contributed by atoms with Crippen LogP contribution in [0.15, 0.2) is 29.0 Å². The third-order valence-corrected chi connectivity index (χ3v) is 5.00. The topological polar surface area (TPSA) is 107 Å². The fraction of sp³-hybridized carbons (Fsp3) is 0.412. The maximum Gasteiger partial charge on any atom is 0.227 e. The van der Waals surface area contributed by atoms with Gasteiger partial charge in [0.05, 0.1) is 0 Å². The first-order valence-electron chi connectivity index (χ1n) is 8.55. The molecule has 3 rings (SSSR count). The average molecular weight is 372 g/mol. The summed E-state index contributed by atoms with van der Waals surface area (Å²) in [5.74, 6) is 1.15. The van der Waals surface area contributed by atoms with Gasteiger partial charge >= 0.3 is 0 Å². The summed E-state index contributed by atoms with van der Waals surface area (Å²) in [6, 6.07) is 3.60. The monoisotopic (exact) mass is 372 g/mol. The van der Waals surface area contributed by atoms with Crippen molar-refractivity contribution >= 4 is 22.4 Å². The predicted molar refractivity (Wildman–Crippen MR) is 97.7 cm³/mol. The standard InChI is InChI=1S/C17H20N6O2S/c1-3-11(4-2)16-21-22-17(26-16)19-13(24)5-6-14-20-15(23-25-14)12-7-9-18-10-8-12/h7-11H,3-6H2,1-2H3,(H,19,22,24). The molecule has 0 aliphatic rings. The number of nitrogens with one attached hydrogen (secondary N) is 1. The van der Waals surface area contributed by atoms with E-state index in [2.05, 4.69) is 44.5 Å². The molecule has 136 valence electrons. The van der Waals surface area contributed by atoms with Crippen molar-refractivity contribution in [3.63, 3.8) is 0 Å². The van der Waals surface area contributed by atoms with Gasteiger partial charge in [0.15, 0.2) is 0 Å². The molecule has 0 saturated heterocycles. The molecule has 0 radical (unpaired) electrons. The lowest BCUT2D eigenvalue weighted by atomic mass is 10.1. The van der Waals surface area contributed by atoms with Crippen LogP contribution in [0.25, 0.3) is 11.4 Å². The van der Waals surface area contributed by atoms with Gasteiger partial charge in [0.1, 0.15) is 5.01 Å². The zero-order valence-electron chi connectivity index (χ0n) is 14.7. The molecule has 0 aromatic carbocycles. The average Bonchev–Trinajstić information content (AvgIpc) is 3.32. The van der Waals surface area contributed by atoms with Crippen LogP contribution in [0.5, 0.6) is 0 Å². The molecule has 0 unspecified atom stereocenters. The first-order chi connectivity index (χ1) is 12.7. The number of hydrogen-bond acceptors (Lipinski definition) is 8. The molecule has 1 amide bonds. The van der Waals surface area contributed by atoms with E-state index in [1.54, 1.807) is 24.5 Å². The van der Waals surface area contributed by atoms with Gasteiger partial charge in [-0.2, -0.15) is 4.98 Å². The number of hydrogen-bond donors (Lipinski definition) is 1. The lowest BCUT2D eigenvalue weighted by molar-refractivity contribution is -0.116. The zero-order chi connectivity index (χ0) is 18.4. The quantitative estimate of drug-likeness (QED) is 0.645. The fourth-order valence-corrected chi connectivity index (χ4v) is 3.49. The van der Waals surface area contributed by atoms with Crippen molar-refractivity contribution in [2.45, 2.75) is 45.4 Å². The van der Waals surface area contributed by atoms with Crippen molar-refractivity contribution in [1.29, 1.82) is 0 Å². The number of carbonyl (C=O) groups excluding carboxylic acids is 1. The third-order valence-electron chi connectivity index (χ3n) is 3.99. The predicted octanol–water partition coefficient (Wildman–Crippen LogP) is 3.46. The first-order valence-corrected chi connectivity index (χ1v) is 9.37. The highest BCUT2D eigenvalue weighted by molar-refractivity contribution is 7.15. The van der Waals surface area contributed by atoms with E-state index in [9.17, 15) is 4.79 Å². The van der Waals surface area contributed by atoms with Gasteiger partial charge < -0.3 is 9.84 Å². The minimum absolute atomic E-state index is 0.152. The molecule has 0 fully saturated rings. The van der Waals surface area contributed by atoms with E-state index in [4.69, 9.17) is 4.52 Å². The Kier molecular flexibility index (Phi) is 6.00. The molecule has 0 aliphatic heterocycles. The van der Waals surface area contributed by atoms with Crippen LogP contribution in [0.2, 0.25) is 0 Å². The number of pyridine rings is 1. The SMILES string of the molecule is CCC(CC)c1nnc(NC(=O)CCc2nc(-c3ccncc3)no2)s1. The Balaban J connectivity index is 1.52. The first kappa shape index (κ1) is 18.1. The molecule has 0 aliphatic carbocycles. The maximum atomic E-state index is 12.1. The van der Waals surface area contributed by atoms with Gasteiger partial charge in [-0.25, -0.2) is 0 Å². The van der Waals surface area contributed by atoms with Gasteiger partial charge in [-0.1, -0.05) is 30.3 Å². The molecule has 0 saturated carbocycles. The van der Waals surface area contributed by atoms with E-state index < -0.39 is 0 Å². The summed E-state index contributed by atoms with van der Waals surface area (Å²) in [5.41, 5.74) is 0.822. The highest BCUT2D eigenvalue weighted by Gasteiger charge is 2.15. The number of aryl methyl sites for hydroxylation is 1. The highest BCUT2D eigenvalue weighted by Crippen LogP contribution is 2.28. The van der Waals surface area contributed by atoms with Crippen LogP contribution >= 0.6 is 11.3 Å². The lowest BCUT2D eigenvalue weighted by Gasteiger charge is -2.05. The summed E-state index contributed by atoms with van der Waals surface area (Å²) in [5, 5.41) is 16.4. The molecule has 0 bridgehead atoms. The lowest BCUT2D eigenvalue weighted by Crippen LogP contribution is -2.12. The molecule has 26 heavy (non-hydrogen) atoms. The normalized spacial score (nSPS) is 11.0. The fourth-order valence-electron chi connectivity index (χ4n) is 2.46. The Hall–Kier alpha value is -2.68. The van der Waals surface area contributed by atoms with Crippen LogP contribution in [-0.4, -0.2) is 31.2 Å². The van der Waals surface area contributed by atoms with Crippen molar-refractivity contribution in [3.05, 3.63) is 35.4 Å². The molecule has 3 aromatic heterocycles. The van der Waals surface area contributed by atoms with Crippen LogP contribution in [-0.2, 0) is 11.2 Å². The summed E-state index contributed by atoms with van der Waals surface area (Å²) in [6.07, 6.45) is 5.94. The Morgan fingerprint density at radius 1 is 1.23 bits per heavy atom. The number of carbonyl (C=O) groups is 1. The number of nitrogens with zero attached hydrogens (tertiary/aromatic N) is 5. The van der Waals surface area contributed by atoms with Crippen LogP contribution in [0.3, 0.4) is 0 Å². The molecule has 3 aromatic rings. The van der Waals surface area contributed by atoms with Crippen LogP contribution in [0.4, 0.5) is 5.13 Å². The smallest absolute Gasteiger partial charge is 0.227 e. The van der Waals surface area contributed by atoms with Gasteiger partial charge in [0.2, 0.25) is 22.8 Å². The second-order valence-electron chi connectivity index (χ2n) is 5.75. The van der Waals surface area contributed by atoms with Crippen LogP contribution in [0.1, 0.15) is 49.9 Å². The molecular weight excluding hydrogens is 352 g/mol. The molecule has 3 heterocycles. The van der Waals surface area contributed by atoms with Crippen LogP contribution < -0.4 is 5.32 Å². The van der Waals surface area contributed by atoms with Crippen molar-refractivity contribution in [1.82, 2.24) is 25.3 Å². The van der Waals surface area contributed by atoms with E-state index in [1.807, 2.05) is 0 Å². The second-order valence-corrected chi connectivity index (χ2v) is 6.76. The Labute approximate surface area is 155 Å². The molecule has 0 spiro atoms. The third kappa shape index (κ3) is 4.48. The van der Waals surface area contributed by atoms with Crippen molar-refractivity contribution in [3.8, 4) is 11.4 Å².